The van der Waals surface area contributed by atoms with Crippen molar-refractivity contribution in [1.82, 2.24) is 14.8 Å². The average molecular weight is 806 g/mol. The van der Waals surface area contributed by atoms with Gasteiger partial charge in [0.2, 0.25) is 11.8 Å². The minimum atomic E-state index is -0.595. The second-order valence-corrected chi connectivity index (χ2v) is 17.3. The van der Waals surface area contributed by atoms with Crippen LogP contribution in [0.1, 0.15) is 93.4 Å². The van der Waals surface area contributed by atoms with Crippen LogP contribution in [0.3, 0.4) is 0 Å². The molecule has 2 atom stereocenters. The van der Waals surface area contributed by atoms with E-state index in [-0.39, 0.29) is 48.6 Å². The number of benzene rings is 3. The Morgan fingerprint density at radius 2 is 1.44 bits per heavy atom. The molecule has 1 aromatic heterocycles. The molecule has 0 spiro atoms. The molecule has 312 valence electrons. The summed E-state index contributed by atoms with van der Waals surface area (Å²) < 4.78 is 41.2. The lowest BCUT2D eigenvalue weighted by Gasteiger charge is -2.49. The van der Waals surface area contributed by atoms with Gasteiger partial charge in [-0.05, 0) is 89.6 Å². The van der Waals surface area contributed by atoms with E-state index in [1.54, 1.807) is 34.1 Å². The van der Waals surface area contributed by atoms with Gasteiger partial charge in [0.25, 0.3) is 5.91 Å². The molecule has 2 saturated heterocycles. The van der Waals surface area contributed by atoms with Crippen LogP contribution < -0.4 is 19.3 Å². The van der Waals surface area contributed by atoms with E-state index in [1.165, 1.54) is 0 Å². The molecule has 0 N–H and O–H groups in total. The number of rotatable bonds is 11. The van der Waals surface area contributed by atoms with Crippen LogP contribution in [-0.2, 0) is 22.7 Å². The molecule has 12 heteroatoms. The molecule has 8 rings (SSSR count). The summed E-state index contributed by atoms with van der Waals surface area (Å²) in [6.45, 7) is 13.9. The van der Waals surface area contributed by atoms with E-state index < -0.39 is 11.6 Å². The fourth-order valence-corrected chi connectivity index (χ4v) is 8.79. The van der Waals surface area contributed by atoms with Gasteiger partial charge in [-0.15, -0.1) is 0 Å². The van der Waals surface area contributed by atoms with Crippen LogP contribution in [0.2, 0.25) is 0 Å². The Morgan fingerprint density at radius 1 is 0.797 bits per heavy atom. The summed E-state index contributed by atoms with van der Waals surface area (Å²) in [6, 6.07) is 26.5. The van der Waals surface area contributed by atoms with Gasteiger partial charge in [0.05, 0.1) is 23.9 Å². The van der Waals surface area contributed by atoms with Gasteiger partial charge in [-0.1, -0.05) is 60.7 Å². The number of pyridine rings is 1. The molecular weight excluding hydrogens is 750 g/mol. The van der Waals surface area contributed by atoms with Crippen LogP contribution in [0.4, 0.5) is 20.6 Å². The molecule has 2 amide bonds. The summed E-state index contributed by atoms with van der Waals surface area (Å²) in [6.07, 6.45) is 3.73. The summed E-state index contributed by atoms with van der Waals surface area (Å²) in [7, 11) is 0. The maximum atomic E-state index is 16.8. The second kappa shape index (κ2) is 17.2. The molecule has 3 aliphatic heterocycles. The normalized spacial score (nSPS) is 22.5. The van der Waals surface area contributed by atoms with Gasteiger partial charge in [-0.2, -0.15) is 4.98 Å². The number of aromatic nitrogens is 1. The largest absolute Gasteiger partial charge is 0.473 e. The van der Waals surface area contributed by atoms with Gasteiger partial charge in [0, 0.05) is 62.0 Å². The summed E-state index contributed by atoms with van der Waals surface area (Å²) in [5.74, 6) is -0.0505. The molecule has 0 unspecified atom stereocenters. The zero-order valence-corrected chi connectivity index (χ0v) is 34.8. The average Bonchev–Trinajstić information content (AvgIpc) is 3.47. The third-order valence-corrected chi connectivity index (χ3v) is 12.0. The second-order valence-electron chi connectivity index (χ2n) is 17.3. The number of nitrogens with zero attached hydrogens (tertiary/aromatic N) is 5. The highest BCUT2D eigenvalue weighted by Crippen LogP contribution is 2.45. The maximum absolute atomic E-state index is 16.8. The summed E-state index contributed by atoms with van der Waals surface area (Å²) in [5.41, 5.74) is 3.16. The number of amides is 2. The number of hydrogen-bond acceptors (Lipinski definition) is 9. The van der Waals surface area contributed by atoms with Crippen LogP contribution in [0.25, 0.3) is 0 Å². The Morgan fingerprint density at radius 3 is 2.08 bits per heavy atom. The highest BCUT2D eigenvalue weighted by molar-refractivity contribution is 6.12. The van der Waals surface area contributed by atoms with E-state index >= 15 is 4.39 Å². The molecule has 1 aliphatic carbocycles. The SMILES string of the molecule is C[C@@H]1CN(C2CC(OC3CCN(C(=O)OC(C)(C)C)CC3)C2)CCN1c1ccc2c(c1F)[C@@H](C)N(c1ccc(OCc3ccccc3)nc1OCc1ccccc1)C2=O. The van der Waals surface area contributed by atoms with Crippen molar-refractivity contribution in [2.24, 2.45) is 0 Å². The lowest BCUT2D eigenvalue weighted by Crippen LogP contribution is -2.59. The van der Waals surface area contributed by atoms with Gasteiger partial charge in [-0.3, -0.25) is 14.6 Å². The van der Waals surface area contributed by atoms with Crippen molar-refractivity contribution in [3.8, 4) is 11.8 Å². The van der Waals surface area contributed by atoms with Crippen molar-refractivity contribution in [3.63, 3.8) is 0 Å². The molecule has 0 radical (unpaired) electrons. The Kier molecular flexibility index (Phi) is 11.8. The third kappa shape index (κ3) is 9.04. The van der Waals surface area contributed by atoms with Crippen molar-refractivity contribution in [3.05, 3.63) is 113 Å². The maximum Gasteiger partial charge on any atom is 0.410 e. The number of fused-ring (bicyclic) bond motifs is 1. The van der Waals surface area contributed by atoms with Crippen molar-refractivity contribution in [2.75, 3.05) is 42.5 Å². The van der Waals surface area contributed by atoms with E-state index in [0.29, 0.717) is 60.7 Å². The number of anilines is 2. The molecule has 0 bridgehead atoms. The first-order valence-corrected chi connectivity index (χ1v) is 21.1. The Hall–Kier alpha value is -5.20. The molecule has 11 nitrogen and oxygen atoms in total. The van der Waals surface area contributed by atoms with E-state index in [9.17, 15) is 9.59 Å². The van der Waals surface area contributed by atoms with Gasteiger partial charge in [0.1, 0.15) is 24.5 Å². The molecular formula is C47H56FN5O6. The van der Waals surface area contributed by atoms with Crippen LogP contribution in [0.5, 0.6) is 11.8 Å². The van der Waals surface area contributed by atoms with Crippen LogP contribution in [0, 0.1) is 5.82 Å². The predicted octanol–water partition coefficient (Wildman–Crippen LogP) is 8.56. The van der Waals surface area contributed by atoms with Crippen molar-refractivity contribution < 1.29 is 32.9 Å². The fourth-order valence-electron chi connectivity index (χ4n) is 8.79. The summed E-state index contributed by atoms with van der Waals surface area (Å²) in [4.78, 5) is 39.3. The van der Waals surface area contributed by atoms with Crippen molar-refractivity contribution in [1.29, 1.82) is 0 Å². The molecule has 1 saturated carbocycles. The van der Waals surface area contributed by atoms with Crippen LogP contribution in [-0.4, -0.2) is 89.4 Å². The topological polar surface area (TPSA) is 96.9 Å². The van der Waals surface area contributed by atoms with Crippen LogP contribution >= 0.6 is 0 Å². The Bertz CT molecular complexity index is 2100. The minimum Gasteiger partial charge on any atom is -0.473 e. The number of halogens is 1. The zero-order valence-electron chi connectivity index (χ0n) is 34.8. The highest BCUT2D eigenvalue weighted by atomic mass is 19.1. The summed E-state index contributed by atoms with van der Waals surface area (Å²) >= 11 is 0. The fraction of sp³-hybridized carbons (Fsp3) is 0.468. The number of piperazine rings is 1. The van der Waals surface area contributed by atoms with Crippen molar-refractivity contribution in [2.45, 2.75) is 109 Å². The number of carbonyl (C=O) groups is 2. The smallest absolute Gasteiger partial charge is 0.410 e. The lowest BCUT2D eigenvalue weighted by atomic mass is 9.86. The lowest BCUT2D eigenvalue weighted by molar-refractivity contribution is -0.104. The summed E-state index contributed by atoms with van der Waals surface area (Å²) in [5, 5.41) is 0. The minimum absolute atomic E-state index is 0.0718. The van der Waals surface area contributed by atoms with E-state index in [2.05, 4.69) is 16.7 Å². The van der Waals surface area contributed by atoms with E-state index in [0.717, 1.165) is 49.9 Å². The third-order valence-electron chi connectivity index (χ3n) is 12.0. The van der Waals surface area contributed by atoms with Gasteiger partial charge >= 0.3 is 6.09 Å². The van der Waals surface area contributed by atoms with Gasteiger partial charge in [0.15, 0.2) is 5.82 Å². The van der Waals surface area contributed by atoms with E-state index in [1.807, 2.05) is 88.4 Å². The van der Waals surface area contributed by atoms with Crippen LogP contribution in [0.15, 0.2) is 84.9 Å². The standard InChI is InChI=1S/C47H56FN5O6/c1-31-28-51(35-26-37(27-35)58-36-20-22-50(23-21-36)46(55)59-47(3,4)5)24-25-52(31)39-17-16-38-42(43(39)48)32(2)53(45(38)54)40-18-19-41(56-29-33-12-8-6-9-13-33)49-44(40)57-30-34-14-10-7-11-15-34/h6-19,31-32,35-37H,20-30H2,1-5H3/t31-,32-,35?,37?/m1/s1. The number of hydrogen-bond donors (Lipinski definition) is 0. The first kappa shape index (κ1) is 40.6. The first-order valence-electron chi connectivity index (χ1n) is 21.1. The van der Waals surface area contributed by atoms with Gasteiger partial charge < -0.3 is 28.7 Å². The van der Waals surface area contributed by atoms with E-state index in [4.69, 9.17) is 23.9 Å². The monoisotopic (exact) mass is 805 g/mol. The molecule has 3 aromatic carbocycles. The number of carbonyl (C=O) groups excluding carboxylic acids is 2. The molecule has 4 aliphatic rings. The zero-order chi connectivity index (χ0) is 41.3. The molecule has 4 aromatic rings. The van der Waals surface area contributed by atoms with Gasteiger partial charge in [-0.25, -0.2) is 9.18 Å². The highest BCUT2D eigenvalue weighted by Gasteiger charge is 2.43. The predicted molar refractivity (Wildman–Crippen MR) is 225 cm³/mol. The number of ether oxygens (including phenoxy) is 4. The molecule has 3 fully saturated rings. The van der Waals surface area contributed by atoms with Crippen molar-refractivity contribution >= 4 is 23.4 Å². The Balaban J connectivity index is 0.898. The number of piperidine rings is 1. The Labute approximate surface area is 347 Å². The quantitative estimate of drug-likeness (QED) is 0.148. The molecule has 4 heterocycles. The molecule has 59 heavy (non-hydrogen) atoms. The first-order chi connectivity index (χ1) is 28.4. The number of likely N-dealkylation sites (tertiary alicyclic amines) is 1.